The van der Waals surface area contributed by atoms with E-state index in [0.717, 1.165) is 0 Å². The molecule has 0 spiro atoms. The highest BCUT2D eigenvalue weighted by Crippen LogP contribution is 2.36. The van der Waals surface area contributed by atoms with Gasteiger partial charge in [-0.3, -0.25) is 9.78 Å². The van der Waals surface area contributed by atoms with Crippen LogP contribution in [0.4, 0.5) is 16.0 Å². The van der Waals surface area contributed by atoms with Crippen LogP contribution >= 0.6 is 0 Å². The number of anilines is 2. The molecule has 1 aromatic carbocycles. The summed E-state index contributed by atoms with van der Waals surface area (Å²) in [5, 5.41) is 19.5. The highest BCUT2D eigenvalue weighted by atomic mass is 19.1. The first-order chi connectivity index (χ1) is 14.6. The largest absolute Gasteiger partial charge is 0.396 e. The fourth-order valence-electron chi connectivity index (χ4n) is 3.45. The number of aliphatic hydroxyl groups excluding tert-OH is 1. The van der Waals surface area contributed by atoms with Crippen molar-refractivity contribution < 1.29 is 14.3 Å². The van der Waals surface area contributed by atoms with Gasteiger partial charge in [0, 0.05) is 30.5 Å². The van der Waals surface area contributed by atoms with Gasteiger partial charge < -0.3 is 15.7 Å². The van der Waals surface area contributed by atoms with Gasteiger partial charge in [0.05, 0.1) is 17.5 Å². The summed E-state index contributed by atoms with van der Waals surface area (Å²) in [6.45, 7) is 1.77. The quantitative estimate of drug-likeness (QED) is 0.579. The fourth-order valence-corrected chi connectivity index (χ4v) is 3.45. The number of nitrogens with zero attached hydrogens (tertiary/aromatic N) is 4. The number of halogens is 1. The highest BCUT2D eigenvalue weighted by Gasteiger charge is 2.35. The third kappa shape index (κ3) is 3.79. The summed E-state index contributed by atoms with van der Waals surface area (Å²) in [6.07, 6.45) is 4.13. The Hall–Kier alpha value is -3.59. The van der Waals surface area contributed by atoms with Crippen molar-refractivity contribution in [2.45, 2.75) is 25.8 Å². The summed E-state index contributed by atoms with van der Waals surface area (Å²) in [5.41, 5.74) is 1.73. The lowest BCUT2D eigenvalue weighted by Crippen LogP contribution is -2.32. The Morgan fingerprint density at radius 1 is 1.30 bits per heavy atom. The van der Waals surface area contributed by atoms with Gasteiger partial charge in [-0.2, -0.15) is 10.1 Å². The molecule has 3 heterocycles. The number of pyridine rings is 1. The first-order valence-corrected chi connectivity index (χ1v) is 9.58. The number of aryl methyl sites for hydroxylation is 1. The van der Waals surface area contributed by atoms with Crippen molar-refractivity contribution in [3.63, 3.8) is 0 Å². The molecule has 9 heteroatoms. The molecule has 0 fully saturated rings. The Morgan fingerprint density at radius 2 is 2.13 bits per heavy atom. The summed E-state index contributed by atoms with van der Waals surface area (Å²) in [5.74, 6) is 0.0998. The van der Waals surface area contributed by atoms with Crippen molar-refractivity contribution >= 4 is 17.5 Å². The van der Waals surface area contributed by atoms with E-state index in [9.17, 15) is 9.18 Å². The summed E-state index contributed by atoms with van der Waals surface area (Å²) in [6, 6.07) is 8.95. The van der Waals surface area contributed by atoms with Crippen LogP contribution in [0, 0.1) is 5.82 Å². The molecule has 1 aliphatic heterocycles. The molecule has 4 rings (SSSR count). The second-order valence-corrected chi connectivity index (χ2v) is 6.91. The van der Waals surface area contributed by atoms with Gasteiger partial charge in [0.2, 0.25) is 5.95 Å². The third-order valence-electron chi connectivity index (χ3n) is 4.82. The molecule has 3 aromatic rings. The molecule has 30 heavy (non-hydrogen) atoms. The van der Waals surface area contributed by atoms with E-state index < -0.39 is 11.9 Å². The minimum Gasteiger partial charge on any atom is -0.396 e. The van der Waals surface area contributed by atoms with E-state index in [4.69, 9.17) is 5.11 Å². The summed E-state index contributed by atoms with van der Waals surface area (Å²) >= 11 is 0. The minimum atomic E-state index is -0.797. The molecule has 8 nitrogen and oxygen atoms in total. The number of nitrogens with one attached hydrogen (secondary N) is 2. The van der Waals surface area contributed by atoms with E-state index in [2.05, 4.69) is 25.7 Å². The average molecular weight is 408 g/mol. The van der Waals surface area contributed by atoms with E-state index in [1.165, 1.54) is 16.9 Å². The monoisotopic (exact) mass is 408 g/mol. The number of allylic oxidation sites excluding steroid dienone is 1. The lowest BCUT2D eigenvalue weighted by Gasteiger charge is -2.28. The smallest absolute Gasteiger partial charge is 0.255 e. The molecule has 154 valence electrons. The number of carbonyl (C=O) groups excluding carboxylic acids is 1. The zero-order valence-corrected chi connectivity index (χ0v) is 16.3. The second-order valence-electron chi connectivity index (χ2n) is 6.91. The standard InChI is InChI=1S/C21H21FN6O2/c1-13-18(20(30)25-14-6-4-10-23-12-14)19(15-7-2-3-8-16(15)22)28-21(24-13)26-17(27-28)9-5-11-29/h2-4,6-8,10,12,19,29H,5,9,11H2,1H3,(H,25,30)(H,24,26,27). The van der Waals surface area contributed by atoms with Crippen LogP contribution in [0.3, 0.4) is 0 Å². The van der Waals surface area contributed by atoms with Gasteiger partial charge >= 0.3 is 0 Å². The Bertz CT molecular complexity index is 1100. The maximum Gasteiger partial charge on any atom is 0.255 e. The molecule has 0 bridgehead atoms. The molecule has 1 atom stereocenters. The van der Waals surface area contributed by atoms with E-state index in [0.29, 0.717) is 47.1 Å². The maximum absolute atomic E-state index is 14.8. The van der Waals surface area contributed by atoms with E-state index >= 15 is 0 Å². The Labute approximate surface area is 172 Å². The number of aromatic nitrogens is 4. The number of carbonyl (C=O) groups is 1. The molecule has 1 aliphatic rings. The number of amides is 1. The summed E-state index contributed by atoms with van der Waals surface area (Å²) < 4.78 is 16.3. The number of hydrogen-bond acceptors (Lipinski definition) is 6. The first-order valence-electron chi connectivity index (χ1n) is 9.58. The van der Waals surface area contributed by atoms with E-state index in [1.54, 1.807) is 43.5 Å². The van der Waals surface area contributed by atoms with Gasteiger partial charge in [0.25, 0.3) is 5.91 Å². The van der Waals surface area contributed by atoms with Gasteiger partial charge in [-0.25, -0.2) is 9.07 Å². The molecule has 1 amide bonds. The lowest BCUT2D eigenvalue weighted by molar-refractivity contribution is -0.113. The Morgan fingerprint density at radius 3 is 2.87 bits per heavy atom. The molecule has 0 saturated carbocycles. The van der Waals surface area contributed by atoms with Crippen LogP contribution in [0.1, 0.15) is 30.8 Å². The number of hydrogen-bond donors (Lipinski definition) is 3. The molecule has 2 aromatic heterocycles. The summed E-state index contributed by atoms with van der Waals surface area (Å²) in [4.78, 5) is 21.7. The third-order valence-corrected chi connectivity index (χ3v) is 4.82. The van der Waals surface area contributed by atoms with E-state index in [1.807, 2.05) is 0 Å². The SMILES string of the molecule is CC1=C(C(=O)Nc2cccnc2)C(c2ccccc2F)n2nc(CCCO)nc2N1. The lowest BCUT2D eigenvalue weighted by atomic mass is 9.94. The molecular formula is C21H21FN6O2. The Balaban J connectivity index is 1.78. The van der Waals surface area contributed by atoms with Crippen LogP contribution in [0.25, 0.3) is 0 Å². The van der Waals surface area contributed by atoms with Gasteiger partial charge in [-0.15, -0.1) is 0 Å². The second kappa shape index (κ2) is 8.42. The van der Waals surface area contributed by atoms with Crippen molar-refractivity contribution in [2.24, 2.45) is 0 Å². The zero-order chi connectivity index (χ0) is 21.1. The van der Waals surface area contributed by atoms with Crippen molar-refractivity contribution in [1.82, 2.24) is 19.7 Å². The van der Waals surface area contributed by atoms with Crippen molar-refractivity contribution in [2.75, 3.05) is 17.2 Å². The van der Waals surface area contributed by atoms with Gasteiger partial charge in [0.15, 0.2) is 5.82 Å². The molecule has 0 radical (unpaired) electrons. The number of benzene rings is 1. The van der Waals surface area contributed by atoms with Crippen LogP contribution < -0.4 is 10.6 Å². The van der Waals surface area contributed by atoms with Crippen molar-refractivity contribution in [3.05, 3.63) is 77.3 Å². The molecule has 0 saturated heterocycles. The highest BCUT2D eigenvalue weighted by molar-refractivity contribution is 6.05. The van der Waals surface area contributed by atoms with Crippen molar-refractivity contribution in [3.8, 4) is 0 Å². The number of rotatable bonds is 6. The fraction of sp³-hybridized carbons (Fsp3) is 0.238. The maximum atomic E-state index is 14.8. The van der Waals surface area contributed by atoms with Crippen LogP contribution in [-0.4, -0.2) is 37.4 Å². The molecule has 0 aliphatic carbocycles. The normalized spacial score (nSPS) is 15.5. The zero-order valence-electron chi connectivity index (χ0n) is 16.3. The molecule has 3 N–H and O–H groups in total. The van der Waals surface area contributed by atoms with Crippen LogP contribution in [0.2, 0.25) is 0 Å². The number of fused-ring (bicyclic) bond motifs is 1. The molecule has 1 unspecified atom stereocenters. The van der Waals surface area contributed by atoms with Crippen LogP contribution in [-0.2, 0) is 11.2 Å². The van der Waals surface area contributed by atoms with Gasteiger partial charge in [-0.05, 0) is 31.5 Å². The van der Waals surface area contributed by atoms with E-state index in [-0.39, 0.29) is 12.5 Å². The predicted molar refractivity (Wildman–Crippen MR) is 109 cm³/mol. The van der Waals surface area contributed by atoms with Crippen LogP contribution in [0.15, 0.2) is 60.1 Å². The first kappa shape index (κ1) is 19.7. The summed E-state index contributed by atoms with van der Waals surface area (Å²) in [7, 11) is 0. The minimum absolute atomic E-state index is 0.0179. The predicted octanol–water partition coefficient (Wildman–Crippen LogP) is 2.66. The van der Waals surface area contributed by atoms with Gasteiger partial charge in [0.1, 0.15) is 11.9 Å². The average Bonchev–Trinajstić information content (AvgIpc) is 3.14. The molecular weight excluding hydrogens is 387 g/mol. The number of aliphatic hydroxyl groups is 1. The van der Waals surface area contributed by atoms with Gasteiger partial charge in [-0.1, -0.05) is 18.2 Å². The van der Waals surface area contributed by atoms with Crippen molar-refractivity contribution in [1.29, 1.82) is 0 Å². The Kier molecular flexibility index (Phi) is 5.53. The topological polar surface area (TPSA) is 105 Å². The van der Waals surface area contributed by atoms with Crippen LogP contribution in [0.5, 0.6) is 0 Å².